The number of nitrogens with one attached hydrogen (secondary N) is 1. The summed E-state index contributed by atoms with van der Waals surface area (Å²) in [5.41, 5.74) is 7.66. The van der Waals surface area contributed by atoms with Crippen LogP contribution in [0.25, 0.3) is 17.4 Å². The Morgan fingerprint density at radius 3 is 2.53 bits per heavy atom. The maximum Gasteiger partial charge on any atom is 0.259 e. The largest absolute Gasteiger partial charge is 0.461 e. The molecule has 0 unspecified atom stereocenters. The van der Waals surface area contributed by atoms with Gasteiger partial charge in [-0.1, -0.05) is 12.1 Å². The fraction of sp³-hybridized carbons (Fsp3) is 0.333. The number of nitrogens with zero attached hydrogens (tertiary/aromatic N) is 7. The summed E-state index contributed by atoms with van der Waals surface area (Å²) in [6, 6.07) is 10.9. The van der Waals surface area contributed by atoms with Crippen LogP contribution in [0.2, 0.25) is 0 Å². The van der Waals surface area contributed by atoms with Crippen LogP contribution in [-0.4, -0.2) is 77.9 Å². The van der Waals surface area contributed by atoms with Crippen LogP contribution in [0.5, 0.6) is 0 Å². The van der Waals surface area contributed by atoms with Gasteiger partial charge in [-0.3, -0.25) is 4.31 Å². The Labute approximate surface area is 197 Å². The Hall–Kier alpha value is -3.71. The van der Waals surface area contributed by atoms with E-state index in [-0.39, 0.29) is 11.7 Å². The van der Waals surface area contributed by atoms with Crippen molar-refractivity contribution in [1.82, 2.24) is 29.5 Å². The zero-order chi connectivity index (χ0) is 24.3. The van der Waals surface area contributed by atoms with E-state index in [1.165, 1.54) is 15.1 Å². The van der Waals surface area contributed by atoms with Crippen molar-refractivity contribution < 1.29 is 12.8 Å². The molecule has 0 atom stereocenters. The summed E-state index contributed by atoms with van der Waals surface area (Å²) >= 11 is 0. The molecule has 12 nitrogen and oxygen atoms in total. The van der Waals surface area contributed by atoms with Crippen molar-refractivity contribution in [3.05, 3.63) is 48.2 Å². The maximum absolute atomic E-state index is 12.5. The fourth-order valence-corrected chi connectivity index (χ4v) is 4.49. The Morgan fingerprint density at radius 2 is 1.85 bits per heavy atom. The van der Waals surface area contributed by atoms with E-state index in [4.69, 9.17) is 10.2 Å². The highest BCUT2D eigenvalue weighted by Crippen LogP contribution is 2.19. The molecular weight excluding hydrogens is 458 g/mol. The van der Waals surface area contributed by atoms with Crippen molar-refractivity contribution in [1.29, 1.82) is 0 Å². The summed E-state index contributed by atoms with van der Waals surface area (Å²) in [5.74, 6) is 1.75. The molecule has 0 fully saturated rings. The first-order valence-electron chi connectivity index (χ1n) is 10.6. The lowest BCUT2D eigenvalue weighted by Crippen LogP contribution is -2.33. The molecule has 4 aromatic rings. The number of rotatable bonds is 10. The lowest BCUT2D eigenvalue weighted by Gasteiger charge is -2.21. The number of anilines is 3. The van der Waals surface area contributed by atoms with Crippen molar-refractivity contribution in [2.75, 3.05) is 55.3 Å². The number of hydrogen-bond acceptors (Lipinski definition) is 10. The summed E-state index contributed by atoms with van der Waals surface area (Å²) in [6.07, 6.45) is 2.22. The molecule has 180 valence electrons. The monoisotopic (exact) mass is 485 g/mol. The number of benzene rings is 1. The zero-order valence-electron chi connectivity index (χ0n) is 19.2. The molecule has 0 saturated carbocycles. The summed E-state index contributed by atoms with van der Waals surface area (Å²) in [5, 5.41) is 7.41. The summed E-state index contributed by atoms with van der Waals surface area (Å²) in [6.45, 7) is 1.01. The molecule has 3 N–H and O–H groups in total. The highest BCUT2D eigenvalue weighted by atomic mass is 32.2. The van der Waals surface area contributed by atoms with Crippen molar-refractivity contribution in [3.63, 3.8) is 0 Å². The van der Waals surface area contributed by atoms with Crippen LogP contribution in [0.3, 0.4) is 0 Å². The molecule has 34 heavy (non-hydrogen) atoms. The molecular formula is C21H27N9O3S. The number of fused-ring (bicyclic) bond motifs is 1. The van der Waals surface area contributed by atoms with Gasteiger partial charge in [0.25, 0.3) is 5.78 Å². The normalized spacial score (nSPS) is 11.9. The number of furan rings is 1. The second-order valence-electron chi connectivity index (χ2n) is 7.96. The Morgan fingerprint density at radius 1 is 1.09 bits per heavy atom. The van der Waals surface area contributed by atoms with E-state index in [0.29, 0.717) is 48.5 Å². The molecule has 0 aliphatic carbocycles. The van der Waals surface area contributed by atoms with Crippen molar-refractivity contribution >= 4 is 33.4 Å². The molecule has 1 aromatic carbocycles. The number of aromatic nitrogens is 5. The van der Waals surface area contributed by atoms with Gasteiger partial charge in [-0.15, -0.1) is 5.10 Å². The molecule has 4 rings (SSSR count). The maximum atomic E-state index is 12.5. The first-order chi connectivity index (χ1) is 16.2. The smallest absolute Gasteiger partial charge is 0.259 e. The third-order valence-corrected chi connectivity index (χ3v) is 6.93. The third-order valence-electron chi connectivity index (χ3n) is 5.19. The van der Waals surface area contributed by atoms with Crippen molar-refractivity contribution in [2.45, 2.75) is 6.42 Å². The van der Waals surface area contributed by atoms with E-state index in [0.717, 1.165) is 5.56 Å². The quantitative estimate of drug-likeness (QED) is 0.337. The van der Waals surface area contributed by atoms with Crippen LogP contribution in [0.4, 0.5) is 17.6 Å². The van der Waals surface area contributed by atoms with Crippen LogP contribution in [0.1, 0.15) is 5.56 Å². The molecule has 0 aliphatic rings. The van der Waals surface area contributed by atoms with Crippen molar-refractivity contribution in [2.24, 2.45) is 0 Å². The Bertz CT molecular complexity index is 1350. The molecule has 3 heterocycles. The predicted octanol–water partition coefficient (Wildman–Crippen LogP) is 1.34. The molecule has 13 heteroatoms. The standard InChI is InChI=1S/C21H27N9O3S/c1-28(2)12-14-34(31,32)29(3)16-8-6-15(7-9-16)10-11-23-20-25-19(22)30-21(26-20)24-18(27-30)17-5-4-13-33-17/h4-9,13H,10-12,14H2,1-3H3,(H3,22,23,24,25,26,27). The Kier molecular flexibility index (Phi) is 6.65. The van der Waals surface area contributed by atoms with Crippen LogP contribution in [0, 0.1) is 0 Å². The van der Waals surface area contributed by atoms with Gasteiger partial charge in [0.15, 0.2) is 5.76 Å². The summed E-state index contributed by atoms with van der Waals surface area (Å²) in [4.78, 5) is 14.8. The highest BCUT2D eigenvalue weighted by molar-refractivity contribution is 7.92. The van der Waals surface area contributed by atoms with E-state index < -0.39 is 10.0 Å². The van der Waals surface area contributed by atoms with Crippen LogP contribution in [0.15, 0.2) is 47.1 Å². The van der Waals surface area contributed by atoms with Crippen LogP contribution >= 0.6 is 0 Å². The second-order valence-corrected chi connectivity index (χ2v) is 10.1. The van der Waals surface area contributed by atoms with Gasteiger partial charge in [-0.2, -0.15) is 19.5 Å². The fourth-order valence-electron chi connectivity index (χ4n) is 3.18. The van der Waals surface area contributed by atoms with E-state index in [1.54, 1.807) is 31.3 Å². The topological polar surface area (TPSA) is 148 Å². The molecule has 3 aromatic heterocycles. The highest BCUT2D eigenvalue weighted by Gasteiger charge is 2.18. The summed E-state index contributed by atoms with van der Waals surface area (Å²) in [7, 11) is 1.89. The molecule has 0 bridgehead atoms. The third kappa shape index (κ3) is 5.26. The first-order valence-corrected chi connectivity index (χ1v) is 12.2. The average molecular weight is 486 g/mol. The van der Waals surface area contributed by atoms with Gasteiger partial charge in [-0.25, -0.2) is 8.42 Å². The molecule has 0 saturated heterocycles. The van der Waals surface area contributed by atoms with Gasteiger partial charge >= 0.3 is 0 Å². The molecule has 0 radical (unpaired) electrons. The number of nitrogen functional groups attached to an aromatic ring is 1. The van der Waals surface area contributed by atoms with Gasteiger partial charge < -0.3 is 20.4 Å². The van der Waals surface area contributed by atoms with E-state index in [2.05, 4.69) is 25.4 Å². The minimum absolute atomic E-state index is 0.0602. The lowest BCUT2D eigenvalue weighted by atomic mass is 10.1. The van der Waals surface area contributed by atoms with E-state index in [1.807, 2.05) is 31.1 Å². The van der Waals surface area contributed by atoms with Gasteiger partial charge in [0.1, 0.15) is 0 Å². The second kappa shape index (κ2) is 9.65. The number of hydrogen-bond donors (Lipinski definition) is 2. The van der Waals surface area contributed by atoms with Gasteiger partial charge in [-0.05, 0) is 50.3 Å². The van der Waals surface area contributed by atoms with Gasteiger partial charge in [0.2, 0.25) is 27.7 Å². The minimum Gasteiger partial charge on any atom is -0.461 e. The van der Waals surface area contributed by atoms with Gasteiger partial charge in [0, 0.05) is 20.1 Å². The lowest BCUT2D eigenvalue weighted by molar-refractivity contribution is 0.432. The SMILES string of the molecule is CN(C)CCS(=O)(=O)N(C)c1ccc(CCNc2nc(N)n3nc(-c4ccco4)nc3n2)cc1. The number of nitrogens with two attached hydrogens (primary N) is 1. The molecule has 0 spiro atoms. The minimum atomic E-state index is -3.38. The summed E-state index contributed by atoms with van der Waals surface area (Å²) < 4.78 is 33.0. The van der Waals surface area contributed by atoms with Crippen LogP contribution < -0.4 is 15.4 Å². The van der Waals surface area contributed by atoms with E-state index >= 15 is 0 Å². The van der Waals surface area contributed by atoms with Crippen molar-refractivity contribution in [3.8, 4) is 11.6 Å². The number of sulfonamides is 1. The molecule has 0 amide bonds. The Balaban J connectivity index is 1.37. The van der Waals surface area contributed by atoms with Crippen LogP contribution in [-0.2, 0) is 16.4 Å². The van der Waals surface area contributed by atoms with E-state index in [9.17, 15) is 8.42 Å². The first kappa shape index (κ1) is 23.4. The van der Waals surface area contributed by atoms with Gasteiger partial charge in [0.05, 0.1) is 17.7 Å². The average Bonchev–Trinajstić information content (AvgIpc) is 3.48. The predicted molar refractivity (Wildman–Crippen MR) is 130 cm³/mol. The molecule has 0 aliphatic heterocycles. The zero-order valence-corrected chi connectivity index (χ0v) is 20.0.